The molecule has 54 heavy (non-hydrogen) atoms. The number of carbonyl (C=O) groups excluding carboxylic acids is 2. The van der Waals surface area contributed by atoms with Crippen LogP contribution >= 0.6 is 7.82 Å². The van der Waals surface area contributed by atoms with Gasteiger partial charge in [0.05, 0.1) is 32.0 Å². The van der Waals surface area contributed by atoms with Gasteiger partial charge in [0.2, 0.25) is 0 Å². The summed E-state index contributed by atoms with van der Waals surface area (Å²) in [6.45, 7) is 2.34. The van der Waals surface area contributed by atoms with Crippen LogP contribution in [0.25, 0.3) is 0 Å². The number of ether oxygens (including phenoxy) is 3. The Morgan fingerprint density at radius 3 is 1.72 bits per heavy atom. The summed E-state index contributed by atoms with van der Waals surface area (Å²) in [6, 6.07) is 0. The van der Waals surface area contributed by atoms with Crippen LogP contribution in [0, 0.1) is 0 Å². The van der Waals surface area contributed by atoms with Gasteiger partial charge in [-0.3, -0.25) is 18.6 Å². The Bertz CT molecular complexity index is 978. The molecule has 12 heteroatoms. The highest BCUT2D eigenvalue weighted by atomic mass is 31.2. The van der Waals surface area contributed by atoms with Crippen LogP contribution in [-0.4, -0.2) is 77.9 Å². The zero-order chi connectivity index (χ0) is 39.5. The minimum atomic E-state index is -4.62. The Hall–Kier alpha value is -1.33. The highest BCUT2D eigenvalue weighted by Gasteiger charge is 2.36. The number of phosphoric ester groups is 1. The fourth-order valence-corrected chi connectivity index (χ4v) is 7.14. The van der Waals surface area contributed by atoms with Gasteiger partial charge in [0, 0.05) is 12.8 Å². The summed E-state index contributed by atoms with van der Waals surface area (Å²) in [6.07, 6.45) is 33.4. The van der Waals surface area contributed by atoms with E-state index in [2.05, 4.69) is 30.5 Å². The molecular weight excluding hydrogens is 711 g/mol. The quantitative estimate of drug-likeness (QED) is 0.0178. The van der Waals surface area contributed by atoms with Gasteiger partial charge in [-0.15, -0.1) is 0 Å². The van der Waals surface area contributed by atoms with Crippen LogP contribution in [0.1, 0.15) is 194 Å². The van der Waals surface area contributed by atoms with Crippen molar-refractivity contribution >= 4 is 19.8 Å². The SMILES string of the molecule is CCCCCCCCCCCCCCCCCC(=O)OCC(COP(=O)(O)OCC(O)CO)OC(=O)CCCCCCC/C=C\CC1OC1CCCCC. The van der Waals surface area contributed by atoms with Crippen molar-refractivity contribution in [3.05, 3.63) is 12.2 Å². The van der Waals surface area contributed by atoms with Crippen molar-refractivity contribution in [2.45, 2.75) is 218 Å². The van der Waals surface area contributed by atoms with Crippen molar-refractivity contribution in [1.82, 2.24) is 0 Å². The summed E-state index contributed by atoms with van der Waals surface area (Å²) in [5.74, 6) is -0.938. The van der Waals surface area contributed by atoms with E-state index in [1.54, 1.807) is 0 Å². The van der Waals surface area contributed by atoms with Crippen LogP contribution in [-0.2, 0) is 37.4 Å². The van der Waals surface area contributed by atoms with E-state index < -0.39 is 51.8 Å². The average molecular weight is 791 g/mol. The van der Waals surface area contributed by atoms with Crippen LogP contribution < -0.4 is 0 Å². The van der Waals surface area contributed by atoms with Crippen LogP contribution in [0.15, 0.2) is 12.2 Å². The number of carbonyl (C=O) groups is 2. The molecule has 0 amide bonds. The largest absolute Gasteiger partial charge is 0.472 e. The predicted molar refractivity (Wildman–Crippen MR) is 214 cm³/mol. The van der Waals surface area contributed by atoms with Crippen LogP contribution in [0.4, 0.5) is 0 Å². The maximum Gasteiger partial charge on any atom is 0.472 e. The van der Waals surface area contributed by atoms with Gasteiger partial charge in [-0.05, 0) is 38.5 Å². The fourth-order valence-electron chi connectivity index (χ4n) is 6.35. The molecule has 0 spiro atoms. The topological polar surface area (TPSA) is 161 Å². The lowest BCUT2D eigenvalue weighted by atomic mass is 10.0. The molecule has 0 saturated carbocycles. The molecule has 0 aromatic heterocycles. The molecule has 1 rings (SSSR count). The van der Waals surface area contributed by atoms with Crippen molar-refractivity contribution in [2.75, 3.05) is 26.4 Å². The summed E-state index contributed by atoms with van der Waals surface area (Å²) >= 11 is 0. The average Bonchev–Trinajstić information content (AvgIpc) is 3.91. The molecule has 5 unspecified atom stereocenters. The number of hydrogen-bond donors (Lipinski definition) is 3. The zero-order valence-corrected chi connectivity index (χ0v) is 35.0. The number of phosphoric acid groups is 1. The lowest BCUT2D eigenvalue weighted by Gasteiger charge is -2.20. The summed E-state index contributed by atoms with van der Waals surface area (Å²) in [5, 5.41) is 18.3. The second kappa shape index (κ2) is 34.9. The van der Waals surface area contributed by atoms with Gasteiger partial charge < -0.3 is 29.3 Å². The molecule has 0 radical (unpaired) electrons. The highest BCUT2D eigenvalue weighted by molar-refractivity contribution is 7.47. The maximum atomic E-state index is 12.6. The van der Waals surface area contributed by atoms with Crippen molar-refractivity contribution in [1.29, 1.82) is 0 Å². The molecule has 1 saturated heterocycles. The van der Waals surface area contributed by atoms with Gasteiger partial charge in [-0.1, -0.05) is 154 Å². The summed E-state index contributed by atoms with van der Waals surface area (Å²) in [5.41, 5.74) is 0. The Labute approximate surface area is 328 Å². The van der Waals surface area contributed by atoms with E-state index in [-0.39, 0.29) is 19.4 Å². The molecular formula is C42H79O11P. The normalized spacial score (nSPS) is 17.7. The van der Waals surface area contributed by atoms with Gasteiger partial charge in [0.1, 0.15) is 12.7 Å². The third kappa shape index (κ3) is 31.8. The van der Waals surface area contributed by atoms with Crippen LogP contribution in [0.5, 0.6) is 0 Å². The Morgan fingerprint density at radius 2 is 1.15 bits per heavy atom. The van der Waals surface area contributed by atoms with Gasteiger partial charge in [-0.2, -0.15) is 0 Å². The number of esters is 2. The Balaban J connectivity index is 2.24. The smallest absolute Gasteiger partial charge is 0.462 e. The maximum absolute atomic E-state index is 12.6. The third-order valence-corrected chi connectivity index (χ3v) is 10.8. The number of aliphatic hydroxyl groups is 2. The number of aliphatic hydroxyl groups excluding tert-OH is 2. The van der Waals surface area contributed by atoms with Crippen LogP contribution in [0.3, 0.4) is 0 Å². The lowest BCUT2D eigenvalue weighted by molar-refractivity contribution is -0.161. The predicted octanol–water partition coefficient (Wildman–Crippen LogP) is 10.2. The molecule has 0 aliphatic carbocycles. The molecule has 0 aromatic rings. The lowest BCUT2D eigenvalue weighted by Crippen LogP contribution is -2.29. The molecule has 318 valence electrons. The number of epoxide rings is 1. The molecule has 3 N–H and O–H groups in total. The first kappa shape index (κ1) is 50.7. The summed E-state index contributed by atoms with van der Waals surface area (Å²) in [4.78, 5) is 35.0. The van der Waals surface area contributed by atoms with E-state index in [4.69, 9.17) is 23.8 Å². The van der Waals surface area contributed by atoms with Crippen molar-refractivity contribution in [3.63, 3.8) is 0 Å². The van der Waals surface area contributed by atoms with Crippen molar-refractivity contribution in [3.8, 4) is 0 Å². The standard InChI is InChI=1S/C42H79O11P/c1-3-5-7-8-9-10-11-12-13-14-15-16-20-23-27-31-41(45)49-35-38(36-51-54(47,48)50-34-37(44)33-43)52-42(46)32-28-24-21-18-17-19-22-26-30-40-39(53-40)29-25-6-4-2/h22,26,37-40,43-44H,3-21,23-25,27-36H2,1-2H3,(H,47,48)/b26-22-. The molecule has 1 aliphatic rings. The van der Waals surface area contributed by atoms with E-state index in [0.717, 1.165) is 57.8 Å². The second-order valence-electron chi connectivity index (χ2n) is 15.1. The summed E-state index contributed by atoms with van der Waals surface area (Å²) < 4.78 is 38.4. The van der Waals surface area contributed by atoms with Gasteiger partial charge in [0.15, 0.2) is 6.10 Å². The Morgan fingerprint density at radius 1 is 0.648 bits per heavy atom. The molecule has 1 aliphatic heterocycles. The molecule has 0 aromatic carbocycles. The van der Waals surface area contributed by atoms with Crippen LogP contribution in [0.2, 0.25) is 0 Å². The number of allylic oxidation sites excluding steroid dienone is 1. The molecule has 1 fully saturated rings. The first-order valence-corrected chi connectivity index (χ1v) is 23.3. The van der Waals surface area contributed by atoms with E-state index in [9.17, 15) is 24.2 Å². The fraction of sp³-hybridized carbons (Fsp3) is 0.905. The monoisotopic (exact) mass is 791 g/mol. The minimum absolute atomic E-state index is 0.167. The minimum Gasteiger partial charge on any atom is -0.462 e. The third-order valence-electron chi connectivity index (χ3n) is 9.84. The molecule has 5 atom stereocenters. The van der Waals surface area contributed by atoms with Gasteiger partial charge >= 0.3 is 19.8 Å². The van der Waals surface area contributed by atoms with Gasteiger partial charge in [0.25, 0.3) is 0 Å². The molecule has 1 heterocycles. The first-order valence-electron chi connectivity index (χ1n) is 21.8. The van der Waals surface area contributed by atoms with E-state index in [0.29, 0.717) is 25.0 Å². The first-order chi connectivity index (χ1) is 26.2. The van der Waals surface area contributed by atoms with E-state index in [1.807, 2.05) is 0 Å². The molecule has 11 nitrogen and oxygen atoms in total. The summed E-state index contributed by atoms with van der Waals surface area (Å²) in [7, 11) is -4.62. The number of unbranched alkanes of at least 4 members (excludes halogenated alkanes) is 21. The second-order valence-corrected chi connectivity index (χ2v) is 16.6. The van der Waals surface area contributed by atoms with E-state index in [1.165, 1.54) is 96.3 Å². The highest BCUT2D eigenvalue weighted by Crippen LogP contribution is 2.43. The molecule has 0 bridgehead atoms. The van der Waals surface area contributed by atoms with Crippen molar-refractivity contribution < 1.29 is 52.5 Å². The van der Waals surface area contributed by atoms with E-state index >= 15 is 0 Å². The Kier molecular flexibility index (Phi) is 32.7. The number of rotatable bonds is 40. The number of hydrogen-bond acceptors (Lipinski definition) is 10. The van der Waals surface area contributed by atoms with Crippen molar-refractivity contribution in [2.24, 2.45) is 0 Å². The van der Waals surface area contributed by atoms with Gasteiger partial charge in [-0.25, -0.2) is 4.57 Å². The zero-order valence-electron chi connectivity index (χ0n) is 34.1.